The van der Waals surface area contributed by atoms with E-state index in [1.165, 1.54) is 17.7 Å². The van der Waals surface area contributed by atoms with E-state index in [9.17, 15) is 10.1 Å². The van der Waals surface area contributed by atoms with Gasteiger partial charge in [0.25, 0.3) is 5.69 Å². The second-order valence-corrected chi connectivity index (χ2v) is 6.77. The summed E-state index contributed by atoms with van der Waals surface area (Å²) in [6.45, 7) is 6.30. The van der Waals surface area contributed by atoms with Crippen LogP contribution in [-0.4, -0.2) is 15.1 Å². The van der Waals surface area contributed by atoms with Crippen LogP contribution in [0.2, 0.25) is 0 Å². The molecule has 0 bridgehead atoms. The number of nitro benzene ring substituents is 1. The lowest BCUT2D eigenvalue weighted by atomic mass is 9.95. The first-order valence-corrected chi connectivity index (χ1v) is 8.85. The van der Waals surface area contributed by atoms with Crippen LogP contribution < -0.4 is 5.32 Å². The van der Waals surface area contributed by atoms with Crippen molar-refractivity contribution in [2.45, 2.75) is 32.9 Å². The van der Waals surface area contributed by atoms with Crippen LogP contribution in [0.4, 0.5) is 5.69 Å². The van der Waals surface area contributed by atoms with Gasteiger partial charge in [-0.2, -0.15) is 0 Å². The zero-order valence-corrected chi connectivity index (χ0v) is 15.5. The van der Waals surface area contributed by atoms with E-state index in [1.807, 2.05) is 25.1 Å². The number of rotatable bonds is 7. The molecule has 0 radical (unpaired) electrons. The molecule has 0 aliphatic carbocycles. The van der Waals surface area contributed by atoms with Gasteiger partial charge >= 0.3 is 0 Å². The normalized spacial score (nSPS) is 13.5. The SMILES string of the molecule is CC(C)[C@H](N[C@@H](C)c1nnc(-c2ccc([N+](=O)[O-])cc2)o1)c1ccccc1. The molecule has 0 spiro atoms. The molecule has 0 unspecified atom stereocenters. The molecule has 0 fully saturated rings. The lowest BCUT2D eigenvalue weighted by Gasteiger charge is -2.25. The molecule has 0 saturated heterocycles. The van der Waals surface area contributed by atoms with Crippen LogP contribution in [0.25, 0.3) is 11.5 Å². The first-order chi connectivity index (χ1) is 13.0. The minimum atomic E-state index is -0.440. The molecular weight excluding hydrogens is 344 g/mol. The maximum Gasteiger partial charge on any atom is 0.269 e. The second-order valence-electron chi connectivity index (χ2n) is 6.77. The van der Waals surface area contributed by atoms with Crippen molar-refractivity contribution in [3.8, 4) is 11.5 Å². The van der Waals surface area contributed by atoms with E-state index in [-0.39, 0.29) is 17.8 Å². The van der Waals surface area contributed by atoms with Crippen molar-refractivity contribution in [1.82, 2.24) is 15.5 Å². The molecule has 0 aliphatic rings. The summed E-state index contributed by atoms with van der Waals surface area (Å²) in [5.74, 6) is 1.20. The second kappa shape index (κ2) is 8.09. The average molecular weight is 366 g/mol. The average Bonchev–Trinajstić information content (AvgIpc) is 3.17. The maximum atomic E-state index is 10.8. The number of nitro groups is 1. The number of nitrogens with one attached hydrogen (secondary N) is 1. The number of hydrogen-bond acceptors (Lipinski definition) is 6. The Bertz CT molecular complexity index is 891. The van der Waals surface area contributed by atoms with Gasteiger partial charge in [0.05, 0.1) is 11.0 Å². The van der Waals surface area contributed by atoms with Crippen LogP contribution in [0.15, 0.2) is 59.0 Å². The molecule has 1 N–H and O–H groups in total. The summed E-state index contributed by atoms with van der Waals surface area (Å²) in [5, 5.41) is 22.5. The van der Waals surface area contributed by atoms with E-state index < -0.39 is 4.92 Å². The summed E-state index contributed by atoms with van der Waals surface area (Å²) in [5.41, 5.74) is 1.88. The van der Waals surface area contributed by atoms with Gasteiger partial charge in [0.1, 0.15) is 0 Å². The predicted octanol–water partition coefficient (Wildman–Crippen LogP) is 4.69. The molecule has 0 aliphatic heterocycles. The Morgan fingerprint density at radius 2 is 1.67 bits per heavy atom. The molecule has 140 valence electrons. The largest absolute Gasteiger partial charge is 0.419 e. The molecule has 3 aromatic rings. The highest BCUT2D eigenvalue weighted by Gasteiger charge is 2.22. The Hall–Kier alpha value is -3.06. The summed E-state index contributed by atoms with van der Waals surface area (Å²) >= 11 is 0. The van der Waals surface area contributed by atoms with Crippen molar-refractivity contribution >= 4 is 5.69 Å². The third-order valence-corrected chi connectivity index (χ3v) is 4.39. The van der Waals surface area contributed by atoms with Crippen LogP contribution in [0.5, 0.6) is 0 Å². The van der Waals surface area contributed by atoms with Crippen LogP contribution in [0.1, 0.15) is 44.3 Å². The molecule has 7 heteroatoms. The summed E-state index contributed by atoms with van der Waals surface area (Å²) in [6, 6.07) is 16.3. The predicted molar refractivity (Wildman–Crippen MR) is 102 cm³/mol. The summed E-state index contributed by atoms with van der Waals surface area (Å²) in [6.07, 6.45) is 0. The minimum absolute atomic E-state index is 0.0242. The third-order valence-electron chi connectivity index (χ3n) is 4.39. The van der Waals surface area contributed by atoms with Crippen LogP contribution >= 0.6 is 0 Å². The molecule has 2 aromatic carbocycles. The van der Waals surface area contributed by atoms with Gasteiger partial charge in [-0.3, -0.25) is 15.4 Å². The van der Waals surface area contributed by atoms with Crippen LogP contribution in [0, 0.1) is 16.0 Å². The molecule has 7 nitrogen and oxygen atoms in total. The van der Waals surface area contributed by atoms with E-state index in [2.05, 4.69) is 41.5 Å². The van der Waals surface area contributed by atoms with Gasteiger partial charge in [-0.1, -0.05) is 44.2 Å². The van der Waals surface area contributed by atoms with Gasteiger partial charge in [0.2, 0.25) is 11.8 Å². The molecule has 0 saturated carbocycles. The Labute approximate surface area is 157 Å². The monoisotopic (exact) mass is 366 g/mol. The van der Waals surface area contributed by atoms with E-state index in [1.54, 1.807) is 12.1 Å². The quantitative estimate of drug-likeness (QED) is 0.481. The van der Waals surface area contributed by atoms with Crippen molar-refractivity contribution in [3.63, 3.8) is 0 Å². The van der Waals surface area contributed by atoms with Gasteiger partial charge < -0.3 is 4.42 Å². The molecular formula is C20H22N4O3. The topological polar surface area (TPSA) is 94.1 Å². The van der Waals surface area contributed by atoms with E-state index in [4.69, 9.17) is 4.42 Å². The summed E-state index contributed by atoms with van der Waals surface area (Å²) in [7, 11) is 0. The third kappa shape index (κ3) is 4.38. The van der Waals surface area contributed by atoms with Gasteiger partial charge in [0, 0.05) is 23.7 Å². The molecule has 3 rings (SSSR count). The summed E-state index contributed by atoms with van der Waals surface area (Å²) in [4.78, 5) is 10.3. The first kappa shape index (κ1) is 18.7. The van der Waals surface area contributed by atoms with Crippen molar-refractivity contribution in [1.29, 1.82) is 0 Å². The maximum absolute atomic E-state index is 10.8. The summed E-state index contributed by atoms with van der Waals surface area (Å²) < 4.78 is 5.79. The van der Waals surface area contributed by atoms with Crippen molar-refractivity contribution in [2.24, 2.45) is 5.92 Å². The van der Waals surface area contributed by atoms with Gasteiger partial charge in [-0.15, -0.1) is 10.2 Å². The molecule has 1 heterocycles. The van der Waals surface area contributed by atoms with Gasteiger partial charge in [-0.25, -0.2) is 0 Å². The zero-order valence-electron chi connectivity index (χ0n) is 15.5. The zero-order chi connectivity index (χ0) is 19.4. The van der Waals surface area contributed by atoms with Crippen LogP contribution in [0.3, 0.4) is 0 Å². The highest BCUT2D eigenvalue weighted by atomic mass is 16.6. The lowest BCUT2D eigenvalue weighted by Crippen LogP contribution is -2.28. The Balaban J connectivity index is 1.76. The molecule has 1 aromatic heterocycles. The van der Waals surface area contributed by atoms with E-state index >= 15 is 0 Å². The molecule has 27 heavy (non-hydrogen) atoms. The fourth-order valence-electron chi connectivity index (χ4n) is 2.93. The Morgan fingerprint density at radius 1 is 1.00 bits per heavy atom. The standard InChI is InChI=1S/C20H22N4O3/c1-13(2)18(15-7-5-4-6-8-15)21-14(3)19-22-23-20(27-19)16-9-11-17(12-10-16)24(25)26/h4-14,18,21H,1-3H3/t14-,18-/m0/s1. The highest BCUT2D eigenvalue weighted by molar-refractivity contribution is 5.55. The van der Waals surface area contributed by atoms with Crippen molar-refractivity contribution in [2.75, 3.05) is 0 Å². The van der Waals surface area contributed by atoms with E-state index in [0.717, 1.165) is 0 Å². The smallest absolute Gasteiger partial charge is 0.269 e. The van der Waals surface area contributed by atoms with E-state index in [0.29, 0.717) is 23.3 Å². The van der Waals surface area contributed by atoms with Gasteiger partial charge in [0.15, 0.2) is 0 Å². The number of non-ortho nitro benzene ring substituents is 1. The number of benzene rings is 2. The highest BCUT2D eigenvalue weighted by Crippen LogP contribution is 2.27. The van der Waals surface area contributed by atoms with Crippen molar-refractivity contribution < 1.29 is 9.34 Å². The number of aromatic nitrogens is 2. The first-order valence-electron chi connectivity index (χ1n) is 8.85. The minimum Gasteiger partial charge on any atom is -0.419 e. The lowest BCUT2D eigenvalue weighted by molar-refractivity contribution is -0.384. The number of nitrogens with zero attached hydrogens (tertiary/aromatic N) is 3. The molecule has 2 atom stereocenters. The fourth-order valence-corrected chi connectivity index (χ4v) is 2.93. The number of hydrogen-bond donors (Lipinski definition) is 1. The van der Waals surface area contributed by atoms with Crippen molar-refractivity contribution in [3.05, 3.63) is 76.2 Å². The molecule has 0 amide bonds. The Morgan fingerprint density at radius 3 is 2.26 bits per heavy atom. The van der Waals surface area contributed by atoms with Crippen LogP contribution in [-0.2, 0) is 0 Å². The van der Waals surface area contributed by atoms with Gasteiger partial charge in [-0.05, 0) is 30.5 Å². The fraction of sp³-hybridized carbons (Fsp3) is 0.300. The Kier molecular flexibility index (Phi) is 5.61.